The molecule has 0 spiro atoms. The summed E-state index contributed by atoms with van der Waals surface area (Å²) in [6.45, 7) is 13.8. The van der Waals surface area contributed by atoms with Gasteiger partial charge in [0.2, 0.25) is 0 Å². The molecular formula is C52H62O6Si2. The van der Waals surface area contributed by atoms with Crippen LogP contribution in [0.2, 0.25) is 10.1 Å². The molecule has 6 aromatic carbocycles. The molecule has 6 nitrogen and oxygen atoms in total. The summed E-state index contributed by atoms with van der Waals surface area (Å²) in [6.07, 6.45) is -4.68. The highest BCUT2D eigenvalue weighted by molar-refractivity contribution is 7.00. The predicted molar refractivity (Wildman–Crippen MR) is 249 cm³/mol. The van der Waals surface area contributed by atoms with E-state index in [0.29, 0.717) is 0 Å². The van der Waals surface area contributed by atoms with E-state index in [2.05, 4.69) is 139 Å². The number of aliphatic hydroxyl groups is 2. The lowest BCUT2D eigenvalue weighted by atomic mass is 10.0. The van der Waals surface area contributed by atoms with Crippen molar-refractivity contribution in [3.05, 3.63) is 193 Å². The minimum atomic E-state index is -3.05. The Morgan fingerprint density at radius 1 is 0.383 bits per heavy atom. The molecule has 6 rings (SSSR count). The van der Waals surface area contributed by atoms with Gasteiger partial charge in [-0.15, -0.1) is 0 Å². The van der Waals surface area contributed by atoms with Gasteiger partial charge in [-0.05, 0) is 42.0 Å². The Bertz CT molecular complexity index is 1890. The standard InChI is InChI=1S/C52H62O6Si2/c1-51(2,3)59(43-29-17-9-18-30-43,44-31-19-10-20-32-44)57-39-47(55-37-41-25-13-7-14-26-41)49(53)50(54)48(56-38-42-27-15-8-16-28-42)40-58-60(52(4,5)6,45-33-21-11-22-34-45)46-35-23-12-24-36-46/h7-36,47-50,53-54H,37-40H2,1-6H3/t47-,48-,49-,50-/m1/s1. The highest BCUT2D eigenvalue weighted by Crippen LogP contribution is 2.38. The summed E-state index contributed by atoms with van der Waals surface area (Å²) in [5, 5.41) is 28.9. The largest absolute Gasteiger partial charge is 0.405 e. The molecule has 60 heavy (non-hydrogen) atoms. The summed E-state index contributed by atoms with van der Waals surface area (Å²) in [7, 11) is -6.09. The van der Waals surface area contributed by atoms with Crippen molar-refractivity contribution in [2.75, 3.05) is 13.2 Å². The first-order valence-corrected chi connectivity index (χ1v) is 24.9. The van der Waals surface area contributed by atoms with Crippen molar-refractivity contribution in [2.24, 2.45) is 0 Å². The van der Waals surface area contributed by atoms with E-state index in [4.69, 9.17) is 18.3 Å². The lowest BCUT2D eigenvalue weighted by Gasteiger charge is -2.45. The van der Waals surface area contributed by atoms with Gasteiger partial charge in [-0.2, -0.15) is 0 Å². The molecule has 0 aliphatic carbocycles. The van der Waals surface area contributed by atoms with Gasteiger partial charge in [-0.25, -0.2) is 0 Å². The lowest BCUT2D eigenvalue weighted by Crippen LogP contribution is -2.68. The topological polar surface area (TPSA) is 77.4 Å². The van der Waals surface area contributed by atoms with E-state index in [1.165, 1.54) is 0 Å². The highest BCUT2D eigenvalue weighted by atomic mass is 28.4. The van der Waals surface area contributed by atoms with Gasteiger partial charge in [0.25, 0.3) is 16.6 Å². The Kier molecular flexibility index (Phi) is 15.3. The lowest BCUT2D eigenvalue weighted by molar-refractivity contribution is -0.157. The molecule has 8 heteroatoms. The van der Waals surface area contributed by atoms with Crippen molar-refractivity contribution >= 4 is 37.4 Å². The Morgan fingerprint density at radius 2 is 0.617 bits per heavy atom. The molecule has 0 fully saturated rings. The maximum absolute atomic E-state index is 12.5. The summed E-state index contributed by atoms with van der Waals surface area (Å²) in [6, 6.07) is 61.4. The normalized spacial score (nSPS) is 14.6. The van der Waals surface area contributed by atoms with Gasteiger partial charge >= 0.3 is 0 Å². The zero-order chi connectivity index (χ0) is 42.6. The third-order valence-electron chi connectivity index (χ3n) is 11.5. The quantitative estimate of drug-likeness (QED) is 0.0806. The molecule has 0 unspecified atom stereocenters. The molecule has 0 bridgehead atoms. The van der Waals surface area contributed by atoms with E-state index in [0.717, 1.165) is 31.9 Å². The van der Waals surface area contributed by atoms with E-state index >= 15 is 0 Å². The molecule has 0 saturated carbocycles. The molecule has 0 heterocycles. The average molecular weight is 839 g/mol. The van der Waals surface area contributed by atoms with Crippen LogP contribution >= 0.6 is 0 Å². The number of benzene rings is 6. The zero-order valence-corrected chi connectivity index (χ0v) is 38.0. The van der Waals surface area contributed by atoms with Crippen LogP contribution in [0, 0.1) is 0 Å². The van der Waals surface area contributed by atoms with Gasteiger partial charge < -0.3 is 28.5 Å². The average Bonchev–Trinajstić information content (AvgIpc) is 3.27. The molecule has 0 saturated heterocycles. The van der Waals surface area contributed by atoms with Crippen LogP contribution in [0.25, 0.3) is 0 Å². The Hall–Kier alpha value is -4.49. The van der Waals surface area contributed by atoms with Crippen molar-refractivity contribution < 1.29 is 28.5 Å². The van der Waals surface area contributed by atoms with Crippen molar-refractivity contribution in [1.29, 1.82) is 0 Å². The van der Waals surface area contributed by atoms with E-state index in [1.807, 2.05) is 84.9 Å². The summed E-state index contributed by atoms with van der Waals surface area (Å²) in [4.78, 5) is 0. The van der Waals surface area contributed by atoms with Crippen molar-refractivity contribution in [3.8, 4) is 0 Å². The smallest absolute Gasteiger partial charge is 0.261 e. The van der Waals surface area contributed by atoms with Crippen LogP contribution in [0.5, 0.6) is 0 Å². The van der Waals surface area contributed by atoms with Crippen LogP contribution < -0.4 is 20.7 Å². The van der Waals surface area contributed by atoms with Gasteiger partial charge in [0.1, 0.15) is 24.4 Å². The second kappa shape index (κ2) is 20.4. The molecule has 2 N–H and O–H groups in total. The second-order valence-electron chi connectivity index (χ2n) is 17.6. The maximum Gasteiger partial charge on any atom is 0.261 e. The van der Waals surface area contributed by atoms with Crippen molar-refractivity contribution in [3.63, 3.8) is 0 Å². The van der Waals surface area contributed by atoms with Crippen molar-refractivity contribution in [2.45, 2.75) is 89.2 Å². The summed E-state index contributed by atoms with van der Waals surface area (Å²) < 4.78 is 28.0. The summed E-state index contributed by atoms with van der Waals surface area (Å²) in [5.41, 5.74) is 1.89. The Balaban J connectivity index is 1.38. The number of rotatable bonds is 19. The number of aliphatic hydroxyl groups excluding tert-OH is 2. The Morgan fingerprint density at radius 3 is 0.850 bits per heavy atom. The number of hydrogen-bond acceptors (Lipinski definition) is 6. The van der Waals surface area contributed by atoms with E-state index in [9.17, 15) is 10.2 Å². The fraction of sp³-hybridized carbons (Fsp3) is 0.308. The van der Waals surface area contributed by atoms with E-state index in [-0.39, 0.29) is 36.5 Å². The van der Waals surface area contributed by atoms with Crippen LogP contribution in [-0.4, -0.2) is 64.5 Å². The number of hydrogen-bond donors (Lipinski definition) is 2. The Labute approximate surface area is 360 Å². The van der Waals surface area contributed by atoms with E-state index < -0.39 is 41.1 Å². The highest BCUT2D eigenvalue weighted by Gasteiger charge is 2.52. The fourth-order valence-electron chi connectivity index (χ4n) is 8.42. The molecular weight excluding hydrogens is 777 g/mol. The van der Waals surface area contributed by atoms with Crippen molar-refractivity contribution in [1.82, 2.24) is 0 Å². The van der Waals surface area contributed by atoms with E-state index in [1.54, 1.807) is 0 Å². The minimum Gasteiger partial charge on any atom is -0.405 e. The monoisotopic (exact) mass is 838 g/mol. The fourth-order valence-corrected chi connectivity index (χ4v) is 17.6. The molecule has 0 aliphatic heterocycles. The maximum atomic E-state index is 12.5. The van der Waals surface area contributed by atoms with Gasteiger partial charge in [-0.1, -0.05) is 224 Å². The molecule has 0 aromatic heterocycles. The first-order valence-electron chi connectivity index (χ1n) is 21.0. The first-order chi connectivity index (χ1) is 28.9. The SMILES string of the molecule is CC(C)(C)[Si](OC[C@@H](OCc1ccccc1)[C@@H](O)[C@H](O)[C@@H](CO[Si](c1ccccc1)(c1ccccc1)C(C)(C)C)OCc1ccccc1)(c1ccccc1)c1ccccc1. The van der Waals surface area contributed by atoms with Gasteiger partial charge in [0.05, 0.1) is 26.4 Å². The number of ether oxygens (including phenoxy) is 2. The predicted octanol–water partition coefficient (Wildman–Crippen LogP) is 8.03. The van der Waals surface area contributed by atoms with Crippen LogP contribution in [-0.2, 0) is 31.5 Å². The molecule has 314 valence electrons. The molecule has 0 radical (unpaired) electrons. The zero-order valence-electron chi connectivity index (χ0n) is 36.0. The van der Waals surface area contributed by atoms with Gasteiger partial charge in [0, 0.05) is 0 Å². The molecule has 4 atom stereocenters. The van der Waals surface area contributed by atoms with Gasteiger partial charge in [-0.3, -0.25) is 0 Å². The van der Waals surface area contributed by atoms with Crippen LogP contribution in [0.1, 0.15) is 52.7 Å². The summed E-state index contributed by atoms with van der Waals surface area (Å²) >= 11 is 0. The first kappa shape index (κ1) is 45.1. The third-order valence-corrected chi connectivity index (χ3v) is 21.5. The minimum absolute atomic E-state index is 0.0271. The van der Waals surface area contributed by atoms with Crippen LogP contribution in [0.15, 0.2) is 182 Å². The molecule has 0 aliphatic rings. The van der Waals surface area contributed by atoms with Gasteiger partial charge in [0.15, 0.2) is 0 Å². The third kappa shape index (κ3) is 10.3. The molecule has 6 aromatic rings. The van der Waals surface area contributed by atoms with Crippen LogP contribution in [0.4, 0.5) is 0 Å². The second-order valence-corrected chi connectivity index (χ2v) is 26.2. The summed E-state index contributed by atoms with van der Waals surface area (Å²) in [5.74, 6) is 0. The molecule has 0 amide bonds. The van der Waals surface area contributed by atoms with Crippen LogP contribution in [0.3, 0.4) is 0 Å².